The van der Waals surface area contributed by atoms with Crippen LogP contribution in [0.5, 0.6) is 5.75 Å². The van der Waals surface area contributed by atoms with Crippen LogP contribution in [0.1, 0.15) is 38.1 Å². The first-order valence-electron chi connectivity index (χ1n) is 12.5. The Morgan fingerprint density at radius 2 is 1.83 bits per heavy atom. The van der Waals surface area contributed by atoms with Gasteiger partial charge >= 0.3 is 6.55 Å². The zero-order chi connectivity index (χ0) is 30.1. The Morgan fingerprint density at radius 3 is 2.50 bits per heavy atom. The number of hydrogen-bond donors (Lipinski definition) is 1. The molecule has 0 saturated heterocycles. The molecule has 0 fully saturated rings. The van der Waals surface area contributed by atoms with Gasteiger partial charge in [0.05, 0.1) is 30.7 Å². The SMILES string of the molecule is CCC(C(=O)Nc1ccc2nn(C(F)F)cc2c1)n1cc(OC)c(-c2cc(Cl)ccc2-n2cc(C(F)F)nn2)cc1=O. The van der Waals surface area contributed by atoms with Crippen LogP contribution in [0.15, 0.2) is 65.8 Å². The second-order valence-corrected chi connectivity index (χ2v) is 9.56. The van der Waals surface area contributed by atoms with Crippen LogP contribution in [-0.4, -0.2) is 42.4 Å². The van der Waals surface area contributed by atoms with Crippen LogP contribution >= 0.6 is 11.6 Å². The van der Waals surface area contributed by atoms with E-state index in [1.807, 2.05) is 0 Å². The topological polar surface area (TPSA) is 109 Å². The number of amides is 1. The first kappa shape index (κ1) is 28.8. The van der Waals surface area contributed by atoms with Crippen molar-refractivity contribution < 1.29 is 27.1 Å². The number of pyridine rings is 1. The molecule has 3 heterocycles. The van der Waals surface area contributed by atoms with Gasteiger partial charge in [0, 0.05) is 39.5 Å². The molecule has 0 spiro atoms. The van der Waals surface area contributed by atoms with E-state index in [-0.39, 0.29) is 17.7 Å². The van der Waals surface area contributed by atoms with Crippen LogP contribution in [0.2, 0.25) is 5.02 Å². The standard InChI is InChI=1S/C27H22ClF4N7O3/c1-3-21(26(41)33-16-5-6-19-14(8-16)11-39(35-19)27(31)32)37-13-23(42-2)18(10-24(37)40)17-9-15(28)4-7-22(17)38-12-20(25(29)30)34-36-38/h4-13,21,25,27H,3H2,1-2H3,(H,33,41). The summed E-state index contributed by atoms with van der Waals surface area (Å²) in [5, 5.41) is 14.5. The van der Waals surface area contributed by atoms with Crippen LogP contribution in [0.4, 0.5) is 23.2 Å². The number of carbonyl (C=O) groups excluding carboxylic acids is 1. The van der Waals surface area contributed by atoms with Gasteiger partial charge in [0.15, 0.2) is 0 Å². The Morgan fingerprint density at radius 1 is 1.05 bits per heavy atom. The van der Waals surface area contributed by atoms with E-state index in [1.165, 1.54) is 66.5 Å². The van der Waals surface area contributed by atoms with E-state index in [1.54, 1.807) is 6.92 Å². The van der Waals surface area contributed by atoms with Crippen LogP contribution in [0, 0.1) is 0 Å². The average Bonchev–Trinajstić information content (AvgIpc) is 3.62. The molecule has 3 aromatic heterocycles. The molecule has 0 aliphatic rings. The quantitative estimate of drug-likeness (QED) is 0.206. The molecule has 10 nitrogen and oxygen atoms in total. The Labute approximate surface area is 240 Å². The molecule has 42 heavy (non-hydrogen) atoms. The van der Waals surface area contributed by atoms with E-state index >= 15 is 0 Å². The molecule has 0 bridgehead atoms. The number of hydrogen-bond acceptors (Lipinski definition) is 6. The van der Waals surface area contributed by atoms with Crippen molar-refractivity contribution in [3.8, 4) is 22.6 Å². The van der Waals surface area contributed by atoms with Crippen molar-refractivity contribution in [1.29, 1.82) is 0 Å². The van der Waals surface area contributed by atoms with Crippen LogP contribution < -0.4 is 15.6 Å². The maximum atomic E-state index is 13.4. The summed E-state index contributed by atoms with van der Waals surface area (Å²) in [6.07, 6.45) is 0.995. The smallest absolute Gasteiger partial charge is 0.333 e. The van der Waals surface area contributed by atoms with Crippen molar-refractivity contribution >= 4 is 34.1 Å². The van der Waals surface area contributed by atoms with Gasteiger partial charge in [-0.25, -0.2) is 18.1 Å². The van der Waals surface area contributed by atoms with Crippen molar-refractivity contribution in [2.45, 2.75) is 32.4 Å². The van der Waals surface area contributed by atoms with Crippen molar-refractivity contribution in [3.63, 3.8) is 0 Å². The number of rotatable bonds is 9. The molecule has 1 unspecified atom stereocenters. The van der Waals surface area contributed by atoms with E-state index in [2.05, 4.69) is 20.7 Å². The maximum absolute atomic E-state index is 13.4. The van der Waals surface area contributed by atoms with Crippen LogP contribution in [0.3, 0.4) is 0 Å². The van der Waals surface area contributed by atoms with Crippen molar-refractivity contribution in [2.24, 2.45) is 0 Å². The summed E-state index contributed by atoms with van der Waals surface area (Å²) in [7, 11) is 1.37. The Hall–Kier alpha value is -4.72. The predicted molar refractivity (Wildman–Crippen MR) is 147 cm³/mol. The number of aromatic nitrogens is 6. The number of nitrogens with zero attached hydrogens (tertiary/aromatic N) is 6. The number of ether oxygens (including phenoxy) is 1. The van der Waals surface area contributed by atoms with E-state index in [0.29, 0.717) is 37.5 Å². The monoisotopic (exact) mass is 603 g/mol. The van der Waals surface area contributed by atoms with E-state index in [4.69, 9.17) is 16.3 Å². The third-order valence-corrected chi connectivity index (χ3v) is 6.74. The van der Waals surface area contributed by atoms with Gasteiger partial charge < -0.3 is 10.1 Å². The number of benzene rings is 2. The van der Waals surface area contributed by atoms with Crippen molar-refractivity contribution in [1.82, 2.24) is 29.3 Å². The van der Waals surface area contributed by atoms with Gasteiger partial charge in [0.1, 0.15) is 17.5 Å². The molecule has 1 atom stereocenters. The fourth-order valence-electron chi connectivity index (χ4n) is 4.52. The lowest BCUT2D eigenvalue weighted by molar-refractivity contribution is -0.119. The molecular formula is C27H22ClF4N7O3. The summed E-state index contributed by atoms with van der Waals surface area (Å²) in [5.41, 5.74) is 0.511. The number of alkyl halides is 4. The van der Waals surface area contributed by atoms with E-state index < -0.39 is 36.2 Å². The molecule has 1 amide bonds. The Kier molecular flexibility index (Phi) is 7.98. The fraction of sp³-hybridized carbons (Fsp3) is 0.222. The third-order valence-electron chi connectivity index (χ3n) is 6.51. The zero-order valence-electron chi connectivity index (χ0n) is 22.0. The number of halogens is 5. The predicted octanol–water partition coefficient (Wildman–Crippen LogP) is 6.03. The molecule has 0 aliphatic carbocycles. The number of anilines is 1. The molecule has 0 aliphatic heterocycles. The summed E-state index contributed by atoms with van der Waals surface area (Å²) < 4.78 is 60.7. The summed E-state index contributed by atoms with van der Waals surface area (Å²) in [6, 6.07) is 9.40. The number of carbonyl (C=O) groups is 1. The summed E-state index contributed by atoms with van der Waals surface area (Å²) in [5.74, 6) is -0.333. The highest BCUT2D eigenvalue weighted by molar-refractivity contribution is 6.31. The fourth-order valence-corrected chi connectivity index (χ4v) is 4.69. The molecule has 2 aromatic carbocycles. The second kappa shape index (κ2) is 11.6. The third kappa shape index (κ3) is 5.57. The van der Waals surface area contributed by atoms with Gasteiger partial charge in [0.2, 0.25) is 5.91 Å². The lowest BCUT2D eigenvalue weighted by Crippen LogP contribution is -2.32. The number of nitrogens with one attached hydrogen (secondary N) is 1. The lowest BCUT2D eigenvalue weighted by Gasteiger charge is -2.20. The minimum absolute atomic E-state index is 0.194. The highest BCUT2D eigenvalue weighted by Gasteiger charge is 2.24. The van der Waals surface area contributed by atoms with Gasteiger partial charge in [-0.2, -0.15) is 13.9 Å². The van der Waals surface area contributed by atoms with Crippen molar-refractivity contribution in [2.75, 3.05) is 12.4 Å². The summed E-state index contributed by atoms with van der Waals surface area (Å²) in [4.78, 5) is 26.7. The minimum atomic E-state index is -2.83. The molecular weight excluding hydrogens is 582 g/mol. The Bertz CT molecular complexity index is 1840. The average molecular weight is 604 g/mol. The summed E-state index contributed by atoms with van der Waals surface area (Å²) >= 11 is 6.24. The maximum Gasteiger partial charge on any atom is 0.333 e. The highest BCUT2D eigenvalue weighted by Crippen LogP contribution is 2.36. The van der Waals surface area contributed by atoms with Gasteiger partial charge in [0.25, 0.3) is 12.0 Å². The van der Waals surface area contributed by atoms with Gasteiger partial charge in [-0.3, -0.25) is 14.2 Å². The van der Waals surface area contributed by atoms with E-state index in [9.17, 15) is 27.2 Å². The largest absolute Gasteiger partial charge is 0.495 e. The normalized spacial score (nSPS) is 12.3. The van der Waals surface area contributed by atoms with Gasteiger partial charge in [-0.05, 0) is 42.8 Å². The van der Waals surface area contributed by atoms with Crippen LogP contribution in [-0.2, 0) is 4.79 Å². The van der Waals surface area contributed by atoms with Gasteiger partial charge in [-0.15, -0.1) is 5.10 Å². The molecule has 1 N–H and O–H groups in total. The molecule has 15 heteroatoms. The number of methoxy groups -OCH3 is 1. The van der Waals surface area contributed by atoms with E-state index in [0.717, 1.165) is 10.9 Å². The lowest BCUT2D eigenvalue weighted by atomic mass is 10.0. The minimum Gasteiger partial charge on any atom is -0.495 e. The van der Waals surface area contributed by atoms with Crippen molar-refractivity contribution in [3.05, 3.63) is 82.1 Å². The molecule has 0 radical (unpaired) electrons. The molecule has 5 aromatic rings. The second-order valence-electron chi connectivity index (χ2n) is 9.12. The highest BCUT2D eigenvalue weighted by atomic mass is 35.5. The zero-order valence-corrected chi connectivity index (χ0v) is 22.8. The molecule has 0 saturated carbocycles. The molecule has 5 rings (SSSR count). The molecule has 218 valence electrons. The Balaban J connectivity index is 1.50. The van der Waals surface area contributed by atoms with Crippen LogP contribution in [0.25, 0.3) is 27.7 Å². The van der Waals surface area contributed by atoms with Gasteiger partial charge in [-0.1, -0.05) is 23.7 Å². The summed E-state index contributed by atoms with van der Waals surface area (Å²) in [6.45, 7) is -1.09. The first-order chi connectivity index (χ1) is 20.1. The number of fused-ring (bicyclic) bond motifs is 1. The first-order valence-corrected chi connectivity index (χ1v) is 12.9.